The van der Waals surface area contributed by atoms with Crippen molar-refractivity contribution in [2.24, 2.45) is 0 Å². The first-order valence-electron chi connectivity index (χ1n) is 9.11. The third kappa shape index (κ3) is 3.70. The van der Waals surface area contributed by atoms with Gasteiger partial charge in [-0.15, -0.1) is 11.3 Å². The minimum Gasteiger partial charge on any atom is -0.353 e. The van der Waals surface area contributed by atoms with E-state index in [-0.39, 0.29) is 0 Å². The van der Waals surface area contributed by atoms with Crippen LogP contribution in [0.2, 0.25) is 5.02 Å². The maximum Gasteiger partial charge on any atom is 0.141 e. The van der Waals surface area contributed by atoms with Crippen LogP contribution in [0, 0.1) is 6.92 Å². The summed E-state index contributed by atoms with van der Waals surface area (Å²) in [5.41, 5.74) is 1.31. The van der Waals surface area contributed by atoms with Gasteiger partial charge in [-0.1, -0.05) is 30.7 Å². The van der Waals surface area contributed by atoms with Crippen molar-refractivity contribution in [2.75, 3.05) is 31.1 Å². The van der Waals surface area contributed by atoms with Gasteiger partial charge in [-0.05, 0) is 30.7 Å². The maximum absolute atomic E-state index is 5.98. The maximum atomic E-state index is 5.98. The van der Waals surface area contributed by atoms with Gasteiger partial charge in [0, 0.05) is 49.0 Å². The molecule has 26 heavy (non-hydrogen) atoms. The average molecular weight is 387 g/mol. The van der Waals surface area contributed by atoms with E-state index in [1.54, 1.807) is 11.3 Å². The van der Waals surface area contributed by atoms with E-state index in [4.69, 9.17) is 21.6 Å². The van der Waals surface area contributed by atoms with Crippen molar-refractivity contribution < 1.29 is 0 Å². The summed E-state index contributed by atoms with van der Waals surface area (Å²) in [6, 6.07) is 10.4. The van der Waals surface area contributed by atoms with Crippen molar-refractivity contribution in [3.63, 3.8) is 0 Å². The van der Waals surface area contributed by atoms with E-state index in [2.05, 4.69) is 41.8 Å². The van der Waals surface area contributed by atoms with Gasteiger partial charge in [0.2, 0.25) is 0 Å². The van der Waals surface area contributed by atoms with Crippen molar-refractivity contribution in [3.8, 4) is 0 Å². The van der Waals surface area contributed by atoms with Crippen LogP contribution in [0.4, 0.5) is 5.82 Å². The van der Waals surface area contributed by atoms with E-state index in [9.17, 15) is 0 Å². The van der Waals surface area contributed by atoms with Gasteiger partial charge in [0.05, 0.1) is 5.39 Å². The van der Waals surface area contributed by atoms with Crippen molar-refractivity contribution in [3.05, 3.63) is 51.6 Å². The minimum absolute atomic E-state index is 0.795. The number of halogens is 1. The van der Waals surface area contributed by atoms with Crippen LogP contribution in [-0.2, 0) is 13.0 Å². The van der Waals surface area contributed by atoms with Gasteiger partial charge in [0.1, 0.15) is 16.5 Å². The van der Waals surface area contributed by atoms with Crippen molar-refractivity contribution in [1.29, 1.82) is 0 Å². The molecule has 1 aromatic carbocycles. The van der Waals surface area contributed by atoms with E-state index in [1.165, 1.54) is 15.8 Å². The summed E-state index contributed by atoms with van der Waals surface area (Å²) in [4.78, 5) is 16.9. The zero-order valence-electron chi connectivity index (χ0n) is 15.2. The molecule has 0 spiro atoms. The van der Waals surface area contributed by atoms with Crippen LogP contribution >= 0.6 is 22.9 Å². The van der Waals surface area contributed by atoms with Crippen molar-refractivity contribution in [1.82, 2.24) is 14.9 Å². The number of hydrogen-bond acceptors (Lipinski definition) is 5. The summed E-state index contributed by atoms with van der Waals surface area (Å²) in [5.74, 6) is 2.06. The Hall–Kier alpha value is -1.69. The molecule has 1 fully saturated rings. The normalized spacial score (nSPS) is 15.7. The Kier molecular flexibility index (Phi) is 5.11. The van der Waals surface area contributed by atoms with Crippen molar-refractivity contribution in [2.45, 2.75) is 26.8 Å². The topological polar surface area (TPSA) is 32.3 Å². The Morgan fingerprint density at radius 1 is 1.08 bits per heavy atom. The molecule has 0 N–H and O–H groups in total. The molecular weight excluding hydrogens is 364 g/mol. The van der Waals surface area contributed by atoms with Crippen LogP contribution in [0.25, 0.3) is 10.2 Å². The SMILES string of the molecule is CCc1nc(N2CCN(Cc3ccc(Cl)cc3)CC2)c2cc(C)sc2n1. The number of benzene rings is 1. The highest BCUT2D eigenvalue weighted by Gasteiger charge is 2.21. The molecule has 0 unspecified atom stereocenters. The molecule has 136 valence electrons. The predicted molar refractivity (Wildman–Crippen MR) is 110 cm³/mol. The van der Waals surface area contributed by atoms with Gasteiger partial charge in [0.25, 0.3) is 0 Å². The number of hydrogen-bond donors (Lipinski definition) is 0. The van der Waals surface area contributed by atoms with Crippen LogP contribution in [0.5, 0.6) is 0 Å². The lowest BCUT2D eigenvalue weighted by atomic mass is 10.2. The molecule has 0 radical (unpaired) electrons. The first kappa shape index (κ1) is 17.7. The number of thiophene rings is 1. The molecule has 0 amide bonds. The summed E-state index contributed by atoms with van der Waals surface area (Å²) in [6.45, 7) is 9.32. The van der Waals surface area contributed by atoms with Crippen molar-refractivity contribution >= 4 is 39.0 Å². The monoisotopic (exact) mass is 386 g/mol. The Bertz CT molecular complexity index is 898. The lowest BCUT2D eigenvalue weighted by Crippen LogP contribution is -2.46. The summed E-state index contributed by atoms with van der Waals surface area (Å²) >= 11 is 7.75. The molecule has 1 aliphatic heterocycles. The van der Waals surface area contributed by atoms with E-state index in [0.29, 0.717) is 0 Å². The largest absolute Gasteiger partial charge is 0.353 e. The van der Waals surface area contributed by atoms with E-state index < -0.39 is 0 Å². The molecule has 4 rings (SSSR count). The van der Waals surface area contributed by atoms with E-state index in [0.717, 1.165) is 60.6 Å². The third-order valence-corrected chi connectivity index (χ3v) is 6.05. The van der Waals surface area contributed by atoms with Gasteiger partial charge in [0.15, 0.2) is 0 Å². The fourth-order valence-corrected chi connectivity index (χ4v) is 4.45. The lowest BCUT2D eigenvalue weighted by molar-refractivity contribution is 0.249. The number of aryl methyl sites for hydroxylation is 2. The molecule has 0 aliphatic carbocycles. The number of fused-ring (bicyclic) bond motifs is 1. The molecule has 0 bridgehead atoms. The summed E-state index contributed by atoms with van der Waals surface area (Å²) < 4.78 is 0. The van der Waals surface area contributed by atoms with Gasteiger partial charge in [-0.2, -0.15) is 0 Å². The van der Waals surface area contributed by atoms with Crippen LogP contribution in [0.3, 0.4) is 0 Å². The second-order valence-corrected chi connectivity index (χ2v) is 8.45. The summed E-state index contributed by atoms with van der Waals surface area (Å²) in [6.07, 6.45) is 0.871. The number of aromatic nitrogens is 2. The summed E-state index contributed by atoms with van der Waals surface area (Å²) in [7, 11) is 0. The standard InChI is InChI=1S/C20H23ClN4S/c1-3-18-22-19(17-12-14(2)26-20(17)23-18)25-10-8-24(9-11-25)13-15-4-6-16(21)7-5-15/h4-7,12H,3,8-11,13H2,1-2H3. The third-order valence-electron chi connectivity index (χ3n) is 4.85. The molecule has 4 nitrogen and oxygen atoms in total. The highest BCUT2D eigenvalue weighted by molar-refractivity contribution is 7.18. The van der Waals surface area contributed by atoms with Crippen LogP contribution in [0.1, 0.15) is 23.2 Å². The zero-order chi connectivity index (χ0) is 18.1. The van der Waals surface area contributed by atoms with E-state index >= 15 is 0 Å². The zero-order valence-corrected chi connectivity index (χ0v) is 16.8. The lowest BCUT2D eigenvalue weighted by Gasteiger charge is -2.35. The molecule has 3 heterocycles. The van der Waals surface area contributed by atoms with Gasteiger partial charge in [-0.25, -0.2) is 9.97 Å². The number of piperazine rings is 1. The van der Waals surface area contributed by atoms with Gasteiger partial charge >= 0.3 is 0 Å². The first-order valence-corrected chi connectivity index (χ1v) is 10.3. The molecule has 0 saturated carbocycles. The quantitative estimate of drug-likeness (QED) is 0.659. The Labute approximate surface area is 163 Å². The highest BCUT2D eigenvalue weighted by atomic mass is 35.5. The predicted octanol–water partition coefficient (Wildman–Crippen LogP) is 4.54. The smallest absolute Gasteiger partial charge is 0.141 e. The van der Waals surface area contributed by atoms with E-state index in [1.807, 2.05) is 12.1 Å². The molecule has 1 aliphatic rings. The fourth-order valence-electron chi connectivity index (χ4n) is 3.43. The number of anilines is 1. The highest BCUT2D eigenvalue weighted by Crippen LogP contribution is 2.31. The fraction of sp³-hybridized carbons (Fsp3) is 0.400. The van der Waals surface area contributed by atoms with Crippen LogP contribution in [0.15, 0.2) is 30.3 Å². The number of nitrogens with zero attached hydrogens (tertiary/aromatic N) is 4. The van der Waals surface area contributed by atoms with Gasteiger partial charge < -0.3 is 4.90 Å². The Morgan fingerprint density at radius 3 is 2.50 bits per heavy atom. The first-order chi connectivity index (χ1) is 12.6. The second-order valence-electron chi connectivity index (χ2n) is 6.78. The molecule has 0 atom stereocenters. The Morgan fingerprint density at radius 2 is 1.81 bits per heavy atom. The molecule has 3 aromatic rings. The molecular formula is C20H23ClN4S. The summed E-state index contributed by atoms with van der Waals surface area (Å²) in [5, 5.41) is 2.00. The van der Waals surface area contributed by atoms with Crippen LogP contribution < -0.4 is 4.90 Å². The van der Waals surface area contributed by atoms with Crippen LogP contribution in [-0.4, -0.2) is 41.0 Å². The Balaban J connectivity index is 1.49. The number of rotatable bonds is 4. The molecule has 1 saturated heterocycles. The minimum atomic E-state index is 0.795. The molecule has 2 aromatic heterocycles. The molecule has 6 heteroatoms. The van der Waals surface area contributed by atoms with Gasteiger partial charge in [-0.3, -0.25) is 4.90 Å². The average Bonchev–Trinajstić information content (AvgIpc) is 3.03. The second kappa shape index (κ2) is 7.51.